The monoisotopic (exact) mass is 457 g/mol. The summed E-state index contributed by atoms with van der Waals surface area (Å²) in [5, 5.41) is 6.28. The molecule has 1 fully saturated rings. The highest BCUT2D eigenvalue weighted by molar-refractivity contribution is 6.53. The highest BCUT2D eigenvalue weighted by Gasteiger charge is 2.38. The number of hydrogen-bond acceptors (Lipinski definition) is 4. The lowest BCUT2D eigenvalue weighted by atomic mass is 9.95. The number of hydrogen-bond donors (Lipinski definition) is 2. The van der Waals surface area contributed by atoms with Crippen LogP contribution < -0.4 is 15.5 Å². The van der Waals surface area contributed by atoms with E-state index in [-0.39, 0.29) is 22.7 Å². The fourth-order valence-electron chi connectivity index (χ4n) is 3.80. The number of benzene rings is 2. The fraction of sp³-hybridized carbons (Fsp3) is 0.261. The second-order valence-corrected chi connectivity index (χ2v) is 8.44. The average molecular weight is 458 g/mol. The van der Waals surface area contributed by atoms with E-state index in [1.165, 1.54) is 6.42 Å². The number of carbonyl (C=O) groups is 3. The van der Waals surface area contributed by atoms with Crippen LogP contribution in [0.3, 0.4) is 0 Å². The molecule has 0 bridgehead atoms. The van der Waals surface area contributed by atoms with Gasteiger partial charge in [0.15, 0.2) is 0 Å². The molecule has 31 heavy (non-hydrogen) atoms. The maximum absolute atomic E-state index is 12.8. The zero-order chi connectivity index (χ0) is 22.0. The second-order valence-electron chi connectivity index (χ2n) is 7.62. The first-order valence-corrected chi connectivity index (χ1v) is 10.9. The standard InChI is InChI=1S/C23H21Cl2N3O3/c24-15-8-12-18(13-9-15)28-22(30)19(25)20(23(28)31)26-17-10-6-14(7-11-17)21(29)27-16-4-2-1-3-5-16/h6-13,16,26H,1-5H2,(H,27,29). The lowest BCUT2D eigenvalue weighted by Gasteiger charge is -2.22. The molecule has 2 aromatic carbocycles. The van der Waals surface area contributed by atoms with E-state index >= 15 is 0 Å². The van der Waals surface area contributed by atoms with E-state index in [1.54, 1.807) is 48.5 Å². The molecule has 0 spiro atoms. The van der Waals surface area contributed by atoms with Gasteiger partial charge in [0.05, 0.1) is 5.69 Å². The zero-order valence-electron chi connectivity index (χ0n) is 16.7. The average Bonchev–Trinajstić information content (AvgIpc) is 2.99. The molecule has 4 rings (SSSR count). The molecule has 1 saturated carbocycles. The number of imide groups is 1. The van der Waals surface area contributed by atoms with Gasteiger partial charge in [0.1, 0.15) is 10.7 Å². The fourth-order valence-corrected chi connectivity index (χ4v) is 4.14. The molecule has 0 radical (unpaired) electrons. The lowest BCUT2D eigenvalue weighted by Crippen LogP contribution is -2.36. The summed E-state index contributed by atoms with van der Waals surface area (Å²) in [6.07, 6.45) is 5.53. The third-order valence-electron chi connectivity index (χ3n) is 5.47. The molecule has 1 aliphatic carbocycles. The molecule has 1 aliphatic heterocycles. The number of anilines is 2. The highest BCUT2D eigenvalue weighted by Crippen LogP contribution is 2.30. The Morgan fingerprint density at radius 2 is 1.52 bits per heavy atom. The molecule has 2 aromatic rings. The summed E-state index contributed by atoms with van der Waals surface area (Å²) in [6.45, 7) is 0. The van der Waals surface area contributed by atoms with Crippen LogP contribution in [0.1, 0.15) is 42.5 Å². The Labute approximate surface area is 190 Å². The van der Waals surface area contributed by atoms with E-state index < -0.39 is 11.8 Å². The van der Waals surface area contributed by atoms with Crippen LogP contribution in [0.4, 0.5) is 11.4 Å². The molecule has 0 saturated heterocycles. The number of rotatable bonds is 5. The predicted molar refractivity (Wildman–Crippen MR) is 121 cm³/mol. The summed E-state index contributed by atoms with van der Waals surface area (Å²) >= 11 is 12.0. The van der Waals surface area contributed by atoms with Gasteiger partial charge in [0.25, 0.3) is 17.7 Å². The third-order valence-corrected chi connectivity index (χ3v) is 6.07. The molecule has 2 N–H and O–H groups in total. The van der Waals surface area contributed by atoms with Gasteiger partial charge in [-0.1, -0.05) is 42.5 Å². The number of carbonyl (C=O) groups excluding carboxylic acids is 3. The summed E-state index contributed by atoms with van der Waals surface area (Å²) in [5.41, 5.74) is 1.44. The molecule has 0 atom stereocenters. The van der Waals surface area contributed by atoms with Gasteiger partial charge in [-0.2, -0.15) is 0 Å². The van der Waals surface area contributed by atoms with Gasteiger partial charge in [0.2, 0.25) is 0 Å². The van der Waals surface area contributed by atoms with Crippen LogP contribution in [0.15, 0.2) is 59.3 Å². The second kappa shape index (κ2) is 9.12. The van der Waals surface area contributed by atoms with Crippen molar-refractivity contribution in [3.63, 3.8) is 0 Å². The number of halogens is 2. The minimum Gasteiger partial charge on any atom is -0.350 e. The van der Waals surface area contributed by atoms with Gasteiger partial charge in [-0.25, -0.2) is 4.90 Å². The summed E-state index contributed by atoms with van der Waals surface area (Å²) in [7, 11) is 0. The number of nitrogens with zero attached hydrogens (tertiary/aromatic N) is 1. The van der Waals surface area contributed by atoms with Crippen LogP contribution in [0.25, 0.3) is 0 Å². The van der Waals surface area contributed by atoms with E-state index in [4.69, 9.17) is 23.2 Å². The van der Waals surface area contributed by atoms with Crippen LogP contribution in [-0.4, -0.2) is 23.8 Å². The van der Waals surface area contributed by atoms with E-state index in [0.717, 1.165) is 30.6 Å². The van der Waals surface area contributed by atoms with Gasteiger partial charge >= 0.3 is 0 Å². The van der Waals surface area contributed by atoms with Crippen molar-refractivity contribution in [2.45, 2.75) is 38.1 Å². The van der Waals surface area contributed by atoms with Crippen molar-refractivity contribution in [1.29, 1.82) is 0 Å². The molecule has 2 aliphatic rings. The van der Waals surface area contributed by atoms with Crippen molar-refractivity contribution in [2.75, 3.05) is 10.2 Å². The summed E-state index contributed by atoms with van der Waals surface area (Å²) < 4.78 is 0. The molecule has 3 amide bonds. The van der Waals surface area contributed by atoms with Crippen molar-refractivity contribution < 1.29 is 14.4 Å². The minimum atomic E-state index is -0.611. The maximum Gasteiger partial charge on any atom is 0.283 e. The van der Waals surface area contributed by atoms with Gasteiger partial charge < -0.3 is 10.6 Å². The first kappa shape index (κ1) is 21.4. The van der Waals surface area contributed by atoms with Gasteiger partial charge in [-0.05, 0) is 61.4 Å². The molecule has 0 aromatic heterocycles. The Hall–Kier alpha value is -2.83. The first-order valence-electron chi connectivity index (χ1n) is 10.2. The van der Waals surface area contributed by atoms with E-state index in [2.05, 4.69) is 10.6 Å². The third kappa shape index (κ3) is 4.60. The van der Waals surface area contributed by atoms with Gasteiger partial charge in [-0.15, -0.1) is 0 Å². The topological polar surface area (TPSA) is 78.5 Å². The van der Waals surface area contributed by atoms with Crippen LogP contribution in [0.5, 0.6) is 0 Å². The molecule has 160 valence electrons. The number of nitrogens with one attached hydrogen (secondary N) is 2. The summed E-state index contributed by atoms with van der Waals surface area (Å²) in [5.74, 6) is -1.28. The van der Waals surface area contributed by atoms with Crippen molar-refractivity contribution in [3.8, 4) is 0 Å². The Balaban J connectivity index is 1.44. The summed E-state index contributed by atoms with van der Waals surface area (Å²) in [4.78, 5) is 38.8. The molecular weight excluding hydrogens is 437 g/mol. The van der Waals surface area contributed by atoms with Gasteiger partial charge in [-0.3, -0.25) is 14.4 Å². The molecule has 1 heterocycles. The smallest absolute Gasteiger partial charge is 0.283 e. The predicted octanol–water partition coefficient (Wildman–Crippen LogP) is 4.84. The van der Waals surface area contributed by atoms with E-state index in [1.807, 2.05) is 0 Å². The zero-order valence-corrected chi connectivity index (χ0v) is 18.2. The number of amides is 3. The van der Waals surface area contributed by atoms with Gasteiger partial charge in [0, 0.05) is 22.3 Å². The summed E-state index contributed by atoms with van der Waals surface area (Å²) in [6, 6.07) is 13.3. The van der Waals surface area contributed by atoms with Crippen LogP contribution in [0.2, 0.25) is 5.02 Å². The first-order chi connectivity index (χ1) is 14.9. The lowest BCUT2D eigenvalue weighted by molar-refractivity contribution is -0.120. The van der Waals surface area contributed by atoms with Crippen LogP contribution >= 0.6 is 23.2 Å². The Bertz CT molecular complexity index is 1040. The van der Waals surface area contributed by atoms with Crippen molar-refractivity contribution in [2.24, 2.45) is 0 Å². The van der Waals surface area contributed by atoms with Crippen molar-refractivity contribution in [3.05, 3.63) is 69.8 Å². The van der Waals surface area contributed by atoms with E-state index in [0.29, 0.717) is 22.0 Å². The van der Waals surface area contributed by atoms with Crippen molar-refractivity contribution >= 4 is 52.3 Å². The van der Waals surface area contributed by atoms with Crippen molar-refractivity contribution in [1.82, 2.24) is 5.32 Å². The molecule has 8 heteroatoms. The van der Waals surface area contributed by atoms with Crippen LogP contribution in [-0.2, 0) is 9.59 Å². The SMILES string of the molecule is O=C(NC1CCCCC1)c1ccc(NC2=C(Cl)C(=O)N(c3ccc(Cl)cc3)C2=O)cc1. The van der Waals surface area contributed by atoms with Crippen LogP contribution in [0, 0.1) is 0 Å². The van der Waals surface area contributed by atoms with E-state index in [9.17, 15) is 14.4 Å². The normalized spacial score (nSPS) is 17.3. The quantitative estimate of drug-likeness (QED) is 0.629. The molecule has 0 unspecified atom stereocenters. The molecular formula is C23H21Cl2N3O3. The highest BCUT2D eigenvalue weighted by atomic mass is 35.5. The largest absolute Gasteiger partial charge is 0.350 e. The molecule has 6 nitrogen and oxygen atoms in total. The Kier molecular flexibility index (Phi) is 6.30. The Morgan fingerprint density at radius 3 is 2.16 bits per heavy atom. The Morgan fingerprint density at radius 1 is 0.871 bits per heavy atom. The maximum atomic E-state index is 12.8. The minimum absolute atomic E-state index is 0.0129.